The van der Waals surface area contributed by atoms with Gasteiger partial charge in [-0.2, -0.15) is 0 Å². The number of carbonyl (C=O) groups excluding carboxylic acids is 1. The van der Waals surface area contributed by atoms with E-state index in [1.807, 2.05) is 55.3 Å². The largest absolute Gasteiger partial charge is 0.359 e. The summed E-state index contributed by atoms with van der Waals surface area (Å²) in [5.41, 5.74) is 5.55. The highest BCUT2D eigenvalue weighted by molar-refractivity contribution is 5.91. The second kappa shape index (κ2) is 11.0. The van der Waals surface area contributed by atoms with E-state index in [9.17, 15) is 13.6 Å². The number of hydrogen-bond acceptors (Lipinski definition) is 6. The zero-order valence-corrected chi connectivity index (χ0v) is 25.6. The van der Waals surface area contributed by atoms with Crippen molar-refractivity contribution >= 4 is 17.3 Å². The summed E-state index contributed by atoms with van der Waals surface area (Å²) in [6, 6.07) is 14.3. The number of aromatic nitrogens is 3. The third-order valence-electron chi connectivity index (χ3n) is 9.21. The monoisotopic (exact) mass is 589 g/mol. The first kappa shape index (κ1) is 29.3. The van der Waals surface area contributed by atoms with Crippen molar-refractivity contribution in [3.63, 3.8) is 0 Å². The third-order valence-corrected chi connectivity index (χ3v) is 9.21. The lowest BCUT2D eigenvalue weighted by Gasteiger charge is -2.49. The number of fused-ring (bicyclic) bond motifs is 1. The molecule has 3 atom stereocenters. The molecule has 0 bridgehead atoms. The number of likely N-dealkylation sites (N-methyl/N-ethyl adjacent to an activating group) is 1. The lowest BCUT2D eigenvalue weighted by molar-refractivity contribution is -0.0384. The number of alkyl halides is 2. The number of benzene rings is 2. The van der Waals surface area contributed by atoms with E-state index in [-0.39, 0.29) is 48.7 Å². The first-order chi connectivity index (χ1) is 20.4. The van der Waals surface area contributed by atoms with Gasteiger partial charge in [0.25, 0.3) is 5.91 Å². The molecule has 1 aromatic heterocycles. The van der Waals surface area contributed by atoms with Crippen LogP contribution in [0.2, 0.25) is 0 Å². The summed E-state index contributed by atoms with van der Waals surface area (Å²) in [4.78, 5) is 24.7. The SMILES string of the molecule is C=C1[C@@H](C)N(C2CCC(F)(F)CC2)c2cc(-c3nc(C(=O)N4C[C@@H](C)N[C@@H](C)C4)nn3-c3ccc(C)cc3)ccc2N1C. The second-order valence-electron chi connectivity index (χ2n) is 12.6. The molecule has 43 heavy (non-hydrogen) atoms. The molecule has 1 saturated carbocycles. The fourth-order valence-electron chi connectivity index (χ4n) is 6.86. The van der Waals surface area contributed by atoms with Crippen molar-refractivity contribution in [3.05, 3.63) is 66.1 Å². The molecule has 228 valence electrons. The van der Waals surface area contributed by atoms with Gasteiger partial charge < -0.3 is 20.0 Å². The van der Waals surface area contributed by atoms with E-state index in [0.29, 0.717) is 31.8 Å². The van der Waals surface area contributed by atoms with Crippen LogP contribution in [0.3, 0.4) is 0 Å². The first-order valence-corrected chi connectivity index (χ1v) is 15.2. The van der Waals surface area contributed by atoms with E-state index in [2.05, 4.69) is 48.5 Å². The van der Waals surface area contributed by atoms with Crippen molar-refractivity contribution in [2.75, 3.05) is 29.9 Å². The average molecular weight is 590 g/mol. The van der Waals surface area contributed by atoms with Crippen LogP contribution in [0, 0.1) is 6.92 Å². The van der Waals surface area contributed by atoms with Crippen LogP contribution < -0.4 is 15.1 Å². The van der Waals surface area contributed by atoms with Gasteiger partial charge in [-0.3, -0.25) is 4.79 Å². The molecule has 8 nitrogen and oxygen atoms in total. The third kappa shape index (κ3) is 5.53. The van der Waals surface area contributed by atoms with Crippen LogP contribution in [0.4, 0.5) is 20.2 Å². The van der Waals surface area contributed by atoms with Gasteiger partial charge in [-0.25, -0.2) is 18.4 Å². The number of aryl methyl sites for hydroxylation is 1. The van der Waals surface area contributed by atoms with E-state index in [1.54, 1.807) is 4.68 Å². The summed E-state index contributed by atoms with van der Waals surface area (Å²) in [7, 11) is 1.99. The van der Waals surface area contributed by atoms with Crippen molar-refractivity contribution in [2.24, 2.45) is 0 Å². The summed E-state index contributed by atoms with van der Waals surface area (Å²) in [6.45, 7) is 13.7. The minimum Gasteiger partial charge on any atom is -0.359 e. The van der Waals surface area contributed by atoms with E-state index in [1.165, 1.54) is 0 Å². The first-order valence-electron chi connectivity index (χ1n) is 15.2. The Morgan fingerprint density at radius 3 is 2.30 bits per heavy atom. The van der Waals surface area contributed by atoms with E-state index < -0.39 is 5.92 Å². The van der Waals surface area contributed by atoms with Crippen LogP contribution in [0.1, 0.15) is 62.6 Å². The number of piperazine rings is 1. The smallest absolute Gasteiger partial charge is 0.293 e. The highest BCUT2D eigenvalue weighted by Gasteiger charge is 2.41. The summed E-state index contributed by atoms with van der Waals surface area (Å²) >= 11 is 0. The van der Waals surface area contributed by atoms with Crippen LogP contribution >= 0.6 is 0 Å². The fourth-order valence-corrected chi connectivity index (χ4v) is 6.86. The summed E-state index contributed by atoms with van der Waals surface area (Å²) in [6.07, 6.45) is 0.596. The van der Waals surface area contributed by atoms with Gasteiger partial charge in [0.1, 0.15) is 0 Å². The van der Waals surface area contributed by atoms with Gasteiger partial charge in [0.2, 0.25) is 11.7 Å². The number of halogens is 2. The predicted octanol–water partition coefficient (Wildman–Crippen LogP) is 5.80. The van der Waals surface area contributed by atoms with E-state index in [0.717, 1.165) is 33.9 Å². The Labute approximate surface area is 252 Å². The van der Waals surface area contributed by atoms with Crippen molar-refractivity contribution in [3.8, 4) is 17.1 Å². The van der Waals surface area contributed by atoms with Crippen molar-refractivity contribution in [2.45, 2.75) is 83.5 Å². The van der Waals surface area contributed by atoms with Crippen molar-refractivity contribution in [1.82, 2.24) is 25.0 Å². The molecule has 2 fully saturated rings. The Kier molecular flexibility index (Phi) is 7.52. The van der Waals surface area contributed by atoms with E-state index in [4.69, 9.17) is 10.1 Å². The number of hydrogen-bond donors (Lipinski definition) is 1. The van der Waals surface area contributed by atoms with Crippen LogP contribution in [0.25, 0.3) is 17.1 Å². The van der Waals surface area contributed by atoms with Gasteiger partial charge >= 0.3 is 0 Å². The van der Waals surface area contributed by atoms with E-state index >= 15 is 0 Å². The molecule has 0 unspecified atom stereocenters. The number of nitrogens with one attached hydrogen (secondary N) is 1. The number of rotatable bonds is 4. The molecule has 10 heteroatoms. The maximum Gasteiger partial charge on any atom is 0.293 e. The predicted molar refractivity (Wildman–Crippen MR) is 166 cm³/mol. The van der Waals surface area contributed by atoms with Crippen LogP contribution in [-0.4, -0.2) is 75.8 Å². The quantitative estimate of drug-likeness (QED) is 0.415. The summed E-state index contributed by atoms with van der Waals surface area (Å²) in [5.74, 6) is -2.10. The second-order valence-corrected chi connectivity index (χ2v) is 12.6. The maximum absolute atomic E-state index is 14.1. The summed E-state index contributed by atoms with van der Waals surface area (Å²) < 4.78 is 30.0. The molecular formula is C33H41F2N7O. The molecular weight excluding hydrogens is 548 g/mol. The molecule has 1 amide bonds. The number of carbonyl (C=O) groups is 1. The zero-order valence-electron chi connectivity index (χ0n) is 25.6. The van der Waals surface area contributed by atoms with Gasteiger partial charge in [0, 0.05) is 62.4 Å². The van der Waals surface area contributed by atoms with Gasteiger partial charge in [-0.05, 0) is 70.9 Å². The Morgan fingerprint density at radius 2 is 1.65 bits per heavy atom. The normalized spacial score (nSPS) is 24.3. The standard InChI is InChI=1S/C33H41F2N7O/c1-20-7-10-27(11-8-20)42-31(37-30(38-42)32(43)40-18-21(2)36-22(3)19-40)25-9-12-28-29(17-25)41(24(5)23(4)39(28)6)26-13-15-33(34,35)16-14-26/h7-12,17,21-22,24,26,36H,4,13-16,18-19H2,1-3,5-6H3/t21-,22+,24-/m1/s1. The molecule has 0 radical (unpaired) electrons. The molecule has 0 spiro atoms. The fraction of sp³-hybridized carbons (Fsp3) is 0.485. The average Bonchev–Trinajstić information content (AvgIpc) is 3.41. The Bertz CT molecular complexity index is 1510. The lowest BCUT2D eigenvalue weighted by Crippen LogP contribution is -2.56. The van der Waals surface area contributed by atoms with Gasteiger partial charge in [-0.15, -0.1) is 5.10 Å². The number of nitrogens with zero attached hydrogens (tertiary/aromatic N) is 6. The van der Waals surface area contributed by atoms with Crippen molar-refractivity contribution in [1.29, 1.82) is 0 Å². The molecule has 2 aliphatic heterocycles. The molecule has 2 aromatic carbocycles. The highest BCUT2D eigenvalue weighted by atomic mass is 19.3. The molecule has 3 aromatic rings. The molecule has 3 heterocycles. The Balaban J connectivity index is 1.44. The molecule has 6 rings (SSSR count). The summed E-state index contributed by atoms with van der Waals surface area (Å²) in [5, 5.41) is 8.23. The minimum atomic E-state index is -2.61. The molecule has 1 saturated heterocycles. The topological polar surface area (TPSA) is 69.5 Å². The number of anilines is 2. The van der Waals surface area contributed by atoms with Crippen LogP contribution in [-0.2, 0) is 0 Å². The highest BCUT2D eigenvalue weighted by Crippen LogP contribution is 2.45. The zero-order chi connectivity index (χ0) is 30.6. The minimum absolute atomic E-state index is 0.0297. The molecule has 3 aliphatic rings. The van der Waals surface area contributed by atoms with Crippen molar-refractivity contribution < 1.29 is 13.6 Å². The van der Waals surface area contributed by atoms with Crippen LogP contribution in [0.15, 0.2) is 54.7 Å². The maximum atomic E-state index is 14.1. The number of amides is 1. The Hall–Kier alpha value is -3.79. The van der Waals surface area contributed by atoms with Gasteiger partial charge in [-0.1, -0.05) is 24.3 Å². The molecule has 1 aliphatic carbocycles. The van der Waals surface area contributed by atoms with Crippen LogP contribution in [0.5, 0.6) is 0 Å². The Morgan fingerprint density at radius 1 is 1.00 bits per heavy atom. The van der Waals surface area contributed by atoms with Gasteiger partial charge in [0.05, 0.1) is 23.1 Å². The van der Waals surface area contributed by atoms with Gasteiger partial charge in [0.15, 0.2) is 5.82 Å². The molecule has 1 N–H and O–H groups in total. The lowest BCUT2D eigenvalue weighted by atomic mass is 9.88.